The smallest absolute Gasteiger partial charge is 0.0998 e. The fourth-order valence-electron chi connectivity index (χ4n) is 10.9. The second kappa shape index (κ2) is 14.4. The van der Waals surface area contributed by atoms with Crippen molar-refractivity contribution in [3.05, 3.63) is 224 Å². The molecule has 308 valence electrons. The van der Waals surface area contributed by atoms with E-state index >= 15 is 0 Å². The average molecular weight is 849 g/mol. The molecule has 0 radical (unpaired) electrons. The monoisotopic (exact) mass is 848 g/mol. The fourth-order valence-corrected chi connectivity index (χ4v) is 10.9. The van der Waals surface area contributed by atoms with Gasteiger partial charge in [-0.1, -0.05) is 97.1 Å². The van der Waals surface area contributed by atoms with Gasteiger partial charge in [-0.3, -0.25) is 9.97 Å². The van der Waals surface area contributed by atoms with Gasteiger partial charge >= 0.3 is 0 Å². The number of nitrogens with zero attached hydrogens (tertiary/aromatic N) is 4. The Hall–Kier alpha value is -9.17. The Morgan fingerprint density at radius 1 is 0.343 bits per heavy atom. The van der Waals surface area contributed by atoms with Crippen molar-refractivity contribution < 1.29 is 0 Å². The molecule has 0 aliphatic rings. The molecular formula is C63H36N4. The highest BCUT2D eigenvalue weighted by molar-refractivity contribution is 6.28. The van der Waals surface area contributed by atoms with Crippen molar-refractivity contribution in [2.24, 2.45) is 0 Å². The van der Waals surface area contributed by atoms with Gasteiger partial charge < -0.3 is 4.57 Å². The summed E-state index contributed by atoms with van der Waals surface area (Å²) in [5.74, 6) is 0. The summed E-state index contributed by atoms with van der Waals surface area (Å²) in [6.07, 6.45) is 3.70. The number of pyridine rings is 2. The largest absolute Gasteiger partial charge is 0.309 e. The molecule has 0 aliphatic carbocycles. The van der Waals surface area contributed by atoms with E-state index in [-0.39, 0.29) is 0 Å². The van der Waals surface area contributed by atoms with Crippen molar-refractivity contribution in [3.63, 3.8) is 0 Å². The van der Waals surface area contributed by atoms with Crippen LogP contribution in [0.2, 0.25) is 0 Å². The standard InChI is InChI=1S/C63H36N4/c64-37-46-20-24-58-62-54(46)21-22-55-53(23-25-59(63(55)62)67(58)52-8-2-1-3-9-52)41-15-14-38-28-40(13-12-39(38)29-41)47-30-42-16-18-44-32-48(33-45-19-17-43(31-47)60(42)61(44)45)49-34-50(56-10-4-6-26-65-56)36-51(35-49)57-11-5-7-27-66-57/h1-36H. The zero-order valence-corrected chi connectivity index (χ0v) is 36.1. The predicted octanol–water partition coefficient (Wildman–Crippen LogP) is 16.4. The van der Waals surface area contributed by atoms with Crippen LogP contribution in [-0.4, -0.2) is 14.5 Å². The van der Waals surface area contributed by atoms with Gasteiger partial charge in [-0.05, 0) is 191 Å². The van der Waals surface area contributed by atoms with Crippen LogP contribution in [0.15, 0.2) is 219 Å². The summed E-state index contributed by atoms with van der Waals surface area (Å²) in [5.41, 5.74) is 15.1. The van der Waals surface area contributed by atoms with Crippen molar-refractivity contribution in [1.82, 2.24) is 14.5 Å². The quantitative estimate of drug-likeness (QED) is 0.157. The van der Waals surface area contributed by atoms with Gasteiger partial charge in [0.2, 0.25) is 0 Å². The molecule has 0 unspecified atom stereocenters. The van der Waals surface area contributed by atoms with E-state index in [4.69, 9.17) is 9.97 Å². The third-order valence-electron chi connectivity index (χ3n) is 13.9. The van der Waals surface area contributed by atoms with Crippen LogP contribution in [0.25, 0.3) is 137 Å². The van der Waals surface area contributed by atoms with Gasteiger partial charge in [0.25, 0.3) is 0 Å². The molecule has 0 fully saturated rings. The van der Waals surface area contributed by atoms with E-state index in [0.717, 1.165) is 61.1 Å². The summed E-state index contributed by atoms with van der Waals surface area (Å²) in [6.45, 7) is 0. The Morgan fingerprint density at radius 2 is 0.821 bits per heavy atom. The molecule has 0 N–H and O–H groups in total. The molecule has 4 heteroatoms. The summed E-state index contributed by atoms with van der Waals surface area (Å²) in [6, 6.07) is 76.8. The van der Waals surface area contributed by atoms with Crippen LogP contribution >= 0.6 is 0 Å². The van der Waals surface area contributed by atoms with Crippen LogP contribution in [0, 0.1) is 11.3 Å². The first-order valence-corrected chi connectivity index (χ1v) is 22.7. The highest BCUT2D eigenvalue weighted by Crippen LogP contribution is 2.45. The van der Waals surface area contributed by atoms with Crippen molar-refractivity contribution in [1.29, 1.82) is 5.26 Å². The first-order valence-electron chi connectivity index (χ1n) is 22.7. The Balaban J connectivity index is 0.839. The van der Waals surface area contributed by atoms with Gasteiger partial charge in [0.1, 0.15) is 0 Å². The highest BCUT2D eigenvalue weighted by Gasteiger charge is 2.21. The highest BCUT2D eigenvalue weighted by atomic mass is 15.0. The number of hydrogen-bond acceptors (Lipinski definition) is 3. The maximum Gasteiger partial charge on any atom is 0.0998 e. The molecule has 3 heterocycles. The Labute approximate surface area is 385 Å². The van der Waals surface area contributed by atoms with E-state index in [9.17, 15) is 5.26 Å². The second-order valence-corrected chi connectivity index (χ2v) is 17.7. The molecule has 14 rings (SSSR count). The number of benzene rings is 11. The minimum absolute atomic E-state index is 0.697. The summed E-state index contributed by atoms with van der Waals surface area (Å²) >= 11 is 0. The number of nitriles is 1. The molecular weight excluding hydrogens is 813 g/mol. The number of rotatable bonds is 6. The van der Waals surface area contributed by atoms with Crippen LogP contribution in [0.5, 0.6) is 0 Å². The van der Waals surface area contributed by atoms with Crippen LogP contribution in [0.4, 0.5) is 0 Å². The van der Waals surface area contributed by atoms with E-state index in [1.54, 1.807) is 0 Å². The maximum atomic E-state index is 10.1. The van der Waals surface area contributed by atoms with Crippen LogP contribution in [0.1, 0.15) is 5.56 Å². The zero-order chi connectivity index (χ0) is 44.2. The van der Waals surface area contributed by atoms with Crippen molar-refractivity contribution in [2.75, 3.05) is 0 Å². The fraction of sp³-hybridized carbons (Fsp3) is 0. The molecule has 0 saturated heterocycles. The van der Waals surface area contributed by atoms with Crippen LogP contribution in [-0.2, 0) is 0 Å². The molecule has 4 nitrogen and oxygen atoms in total. The van der Waals surface area contributed by atoms with Gasteiger partial charge in [0, 0.05) is 45.4 Å². The van der Waals surface area contributed by atoms with Gasteiger partial charge in [-0.25, -0.2) is 0 Å². The maximum absolute atomic E-state index is 10.1. The summed E-state index contributed by atoms with van der Waals surface area (Å²) in [4.78, 5) is 9.39. The number of aromatic nitrogens is 3. The Morgan fingerprint density at radius 3 is 1.42 bits per heavy atom. The van der Waals surface area contributed by atoms with Gasteiger partial charge in [0.15, 0.2) is 0 Å². The SMILES string of the molecule is N#Cc1ccc2c3c1ccc1c(-c4ccc5cc(-c6cc7ccc8cc(-c9cc(-c%10ccccn%10)cc(-c%10ccccn%10)c9)cc9ccc(c6)c7c89)ccc5c4)ccc(c13)n2-c1ccccc1. The molecule has 67 heavy (non-hydrogen) atoms. The lowest BCUT2D eigenvalue weighted by Gasteiger charge is -2.16. The average Bonchev–Trinajstić information content (AvgIpc) is 3.74. The molecule has 0 aliphatic heterocycles. The third kappa shape index (κ3) is 5.79. The molecule has 0 spiro atoms. The molecule has 0 amide bonds. The summed E-state index contributed by atoms with van der Waals surface area (Å²) in [7, 11) is 0. The van der Waals surface area contributed by atoms with E-state index in [1.165, 1.54) is 76.1 Å². The number of para-hydroxylation sites is 1. The zero-order valence-electron chi connectivity index (χ0n) is 36.1. The Bertz CT molecular complexity index is 4190. The molecule has 14 aromatic rings. The van der Waals surface area contributed by atoms with Gasteiger partial charge in [0.05, 0.1) is 34.1 Å². The first-order chi connectivity index (χ1) is 33.1. The first kappa shape index (κ1) is 37.2. The molecule has 0 bridgehead atoms. The lowest BCUT2D eigenvalue weighted by Crippen LogP contribution is -1.93. The van der Waals surface area contributed by atoms with E-state index < -0.39 is 0 Å². The molecule has 3 aromatic heterocycles. The van der Waals surface area contributed by atoms with Gasteiger partial charge in [-0.2, -0.15) is 5.26 Å². The van der Waals surface area contributed by atoms with E-state index in [0.29, 0.717) is 5.56 Å². The lowest BCUT2D eigenvalue weighted by molar-refractivity contribution is 1.18. The molecule has 11 aromatic carbocycles. The Kier molecular flexibility index (Phi) is 8.01. The lowest BCUT2D eigenvalue weighted by atomic mass is 9.88. The predicted molar refractivity (Wildman–Crippen MR) is 278 cm³/mol. The molecule has 0 atom stereocenters. The topological polar surface area (TPSA) is 54.5 Å². The van der Waals surface area contributed by atoms with E-state index in [2.05, 4.69) is 180 Å². The summed E-state index contributed by atoms with van der Waals surface area (Å²) < 4.78 is 2.33. The number of fused-ring (bicyclic) bond motifs is 1. The third-order valence-corrected chi connectivity index (χ3v) is 13.9. The second-order valence-electron chi connectivity index (χ2n) is 17.7. The van der Waals surface area contributed by atoms with Gasteiger partial charge in [-0.15, -0.1) is 0 Å². The number of hydrogen-bond donors (Lipinski definition) is 0. The normalized spacial score (nSPS) is 11.9. The minimum Gasteiger partial charge on any atom is -0.309 e. The minimum atomic E-state index is 0.697. The van der Waals surface area contributed by atoms with Crippen molar-refractivity contribution >= 4 is 75.7 Å². The summed E-state index contributed by atoms with van der Waals surface area (Å²) in [5, 5.41) is 24.5. The molecule has 0 saturated carbocycles. The van der Waals surface area contributed by atoms with Crippen LogP contribution < -0.4 is 0 Å². The van der Waals surface area contributed by atoms with E-state index in [1.807, 2.05) is 48.8 Å². The van der Waals surface area contributed by atoms with Crippen molar-refractivity contribution in [3.8, 4) is 67.7 Å². The van der Waals surface area contributed by atoms with Crippen LogP contribution in [0.3, 0.4) is 0 Å². The van der Waals surface area contributed by atoms with Crippen molar-refractivity contribution in [2.45, 2.75) is 0 Å².